The molecule has 10 heteroatoms. The Hall–Kier alpha value is -2.66. The SMILES string of the molecule is COC(=O)CN(Cc1cccc2ccccc12)C(C(=O)OC(C)(C)C)[C@@H]1CCCCN1.CSCC[C@H](N)C(=O)O. The first-order chi connectivity index (χ1) is 19.0. The van der Waals surface area contributed by atoms with Crippen molar-refractivity contribution < 1.29 is 29.0 Å². The third-order valence-electron chi connectivity index (χ3n) is 6.53. The second-order valence-electron chi connectivity index (χ2n) is 10.9. The zero-order chi connectivity index (χ0) is 29.7. The number of ether oxygens (including phenoxy) is 2. The van der Waals surface area contributed by atoms with E-state index in [9.17, 15) is 14.4 Å². The highest BCUT2D eigenvalue weighted by Crippen LogP contribution is 2.25. The number of nitrogens with zero attached hydrogens (tertiary/aromatic N) is 1. The van der Waals surface area contributed by atoms with Crippen LogP contribution in [0.2, 0.25) is 0 Å². The van der Waals surface area contributed by atoms with Gasteiger partial charge in [-0.25, -0.2) is 0 Å². The van der Waals surface area contributed by atoms with Crippen molar-refractivity contribution in [2.24, 2.45) is 5.73 Å². The second-order valence-corrected chi connectivity index (χ2v) is 11.9. The van der Waals surface area contributed by atoms with E-state index in [0.717, 1.165) is 47.9 Å². The average molecular weight is 576 g/mol. The number of hydrogen-bond acceptors (Lipinski definition) is 9. The lowest BCUT2D eigenvalue weighted by Crippen LogP contribution is -2.58. The van der Waals surface area contributed by atoms with Crippen molar-refractivity contribution in [2.75, 3.05) is 32.2 Å². The quantitative estimate of drug-likeness (QED) is 0.340. The first kappa shape index (κ1) is 33.5. The van der Waals surface area contributed by atoms with Gasteiger partial charge in [0, 0.05) is 12.6 Å². The number of hydrogen-bond donors (Lipinski definition) is 3. The van der Waals surface area contributed by atoms with E-state index in [1.54, 1.807) is 11.8 Å². The van der Waals surface area contributed by atoms with Crippen molar-refractivity contribution in [1.29, 1.82) is 0 Å². The molecule has 1 aliphatic heterocycles. The van der Waals surface area contributed by atoms with Gasteiger partial charge in [0.2, 0.25) is 0 Å². The molecule has 0 spiro atoms. The first-order valence-corrected chi connectivity index (χ1v) is 15.1. The van der Waals surface area contributed by atoms with Gasteiger partial charge in [-0.3, -0.25) is 19.3 Å². The minimum Gasteiger partial charge on any atom is -0.480 e. The Morgan fingerprint density at radius 2 is 1.85 bits per heavy atom. The van der Waals surface area contributed by atoms with Crippen LogP contribution < -0.4 is 11.1 Å². The van der Waals surface area contributed by atoms with E-state index in [4.69, 9.17) is 20.3 Å². The number of aliphatic carboxylic acids is 1. The van der Waals surface area contributed by atoms with Crippen molar-refractivity contribution in [3.63, 3.8) is 0 Å². The second kappa shape index (κ2) is 16.6. The van der Waals surface area contributed by atoms with Crippen LogP contribution in [0, 0.1) is 0 Å². The molecular weight excluding hydrogens is 530 g/mol. The van der Waals surface area contributed by atoms with Gasteiger partial charge in [0.25, 0.3) is 0 Å². The van der Waals surface area contributed by atoms with E-state index in [-0.39, 0.29) is 24.5 Å². The Balaban J connectivity index is 0.000000536. The van der Waals surface area contributed by atoms with Crippen LogP contribution in [-0.2, 0) is 30.4 Å². The normalized spacial score (nSPS) is 16.9. The Morgan fingerprint density at radius 1 is 1.15 bits per heavy atom. The number of nitrogens with two attached hydrogens (primary N) is 1. The molecule has 0 bridgehead atoms. The number of piperidine rings is 1. The van der Waals surface area contributed by atoms with Crippen molar-refractivity contribution >= 4 is 40.4 Å². The Morgan fingerprint density at radius 3 is 2.45 bits per heavy atom. The molecule has 4 N–H and O–H groups in total. The molecule has 9 nitrogen and oxygen atoms in total. The number of fused-ring (bicyclic) bond motifs is 1. The summed E-state index contributed by atoms with van der Waals surface area (Å²) in [7, 11) is 1.37. The molecule has 0 saturated carbocycles. The van der Waals surface area contributed by atoms with E-state index in [0.29, 0.717) is 13.0 Å². The number of thioether (sulfide) groups is 1. The predicted molar refractivity (Wildman–Crippen MR) is 160 cm³/mol. The molecule has 1 saturated heterocycles. The highest BCUT2D eigenvalue weighted by Gasteiger charge is 2.38. The van der Waals surface area contributed by atoms with E-state index in [1.807, 2.05) is 56.2 Å². The molecule has 0 radical (unpaired) electrons. The zero-order valence-electron chi connectivity index (χ0n) is 24.4. The first-order valence-electron chi connectivity index (χ1n) is 13.7. The van der Waals surface area contributed by atoms with E-state index in [2.05, 4.69) is 23.5 Å². The smallest absolute Gasteiger partial charge is 0.325 e. The summed E-state index contributed by atoms with van der Waals surface area (Å²) in [6.07, 6.45) is 5.46. The summed E-state index contributed by atoms with van der Waals surface area (Å²) in [5.74, 6) is -0.780. The third kappa shape index (κ3) is 11.1. The topological polar surface area (TPSA) is 131 Å². The summed E-state index contributed by atoms with van der Waals surface area (Å²) in [4.78, 5) is 37.7. The van der Waals surface area contributed by atoms with Gasteiger partial charge in [0.05, 0.1) is 13.7 Å². The van der Waals surface area contributed by atoms with Gasteiger partial charge in [-0.1, -0.05) is 48.9 Å². The molecule has 1 heterocycles. The Labute approximate surface area is 242 Å². The van der Waals surface area contributed by atoms with E-state index < -0.39 is 23.7 Å². The fraction of sp³-hybridized carbons (Fsp3) is 0.567. The zero-order valence-corrected chi connectivity index (χ0v) is 25.2. The number of esters is 2. The van der Waals surface area contributed by atoms with Crippen molar-refractivity contribution in [2.45, 2.75) is 76.7 Å². The van der Waals surface area contributed by atoms with Crippen LogP contribution in [-0.4, -0.2) is 83.8 Å². The molecule has 2 aromatic carbocycles. The van der Waals surface area contributed by atoms with Gasteiger partial charge in [-0.15, -0.1) is 0 Å². The molecule has 1 unspecified atom stereocenters. The average Bonchev–Trinajstić information content (AvgIpc) is 2.91. The summed E-state index contributed by atoms with van der Waals surface area (Å²) in [6, 6.07) is 12.9. The van der Waals surface area contributed by atoms with Gasteiger partial charge in [-0.2, -0.15) is 11.8 Å². The van der Waals surface area contributed by atoms with Crippen LogP contribution in [0.25, 0.3) is 10.8 Å². The van der Waals surface area contributed by atoms with Crippen LogP contribution in [0.15, 0.2) is 42.5 Å². The fourth-order valence-electron chi connectivity index (χ4n) is 4.58. The molecule has 1 aliphatic rings. The number of nitrogens with one attached hydrogen (secondary N) is 1. The van der Waals surface area contributed by atoms with Gasteiger partial charge in [0.1, 0.15) is 17.7 Å². The number of benzene rings is 2. The Kier molecular flexibility index (Phi) is 13.9. The molecule has 222 valence electrons. The molecule has 3 rings (SSSR count). The fourth-order valence-corrected chi connectivity index (χ4v) is 5.07. The van der Waals surface area contributed by atoms with Crippen LogP contribution in [0.3, 0.4) is 0 Å². The minimum atomic E-state index is -0.913. The van der Waals surface area contributed by atoms with Crippen LogP contribution >= 0.6 is 11.8 Å². The van der Waals surface area contributed by atoms with E-state index >= 15 is 0 Å². The molecule has 0 aromatic heterocycles. The number of carboxylic acid groups (broad SMARTS) is 1. The summed E-state index contributed by atoms with van der Waals surface area (Å²) in [5.41, 5.74) is 5.64. The molecular formula is C30H45N3O6S. The highest BCUT2D eigenvalue weighted by atomic mass is 32.2. The molecule has 3 atom stereocenters. The molecule has 0 amide bonds. The largest absolute Gasteiger partial charge is 0.480 e. The van der Waals surface area contributed by atoms with Gasteiger partial charge in [0.15, 0.2) is 0 Å². The number of rotatable bonds is 11. The number of carbonyl (C=O) groups is 3. The summed E-state index contributed by atoms with van der Waals surface area (Å²) >= 11 is 1.60. The van der Waals surface area contributed by atoms with E-state index in [1.165, 1.54) is 7.11 Å². The maximum atomic E-state index is 13.4. The number of carboxylic acids is 1. The monoisotopic (exact) mass is 575 g/mol. The number of methoxy groups -OCH3 is 1. The molecule has 0 aliphatic carbocycles. The lowest BCUT2D eigenvalue weighted by atomic mass is 9.95. The van der Waals surface area contributed by atoms with Crippen molar-refractivity contribution in [1.82, 2.24) is 10.2 Å². The van der Waals surface area contributed by atoms with Crippen LogP contribution in [0.1, 0.15) is 52.0 Å². The van der Waals surface area contributed by atoms with Crippen molar-refractivity contribution in [3.05, 3.63) is 48.0 Å². The maximum absolute atomic E-state index is 13.4. The standard InChI is InChI=1S/C25H34N2O4.C5H11NO2S/c1-25(2,3)31-24(29)23(21-14-7-8-15-26-21)27(17-22(28)30-4)16-19-12-9-11-18-10-5-6-13-20(18)19;1-9-3-2-4(6)5(7)8/h5-6,9-13,21,23,26H,7-8,14-17H2,1-4H3;4H,2-3,6H2,1H3,(H,7,8)/t21-,23?;4-/m00/s1. The van der Waals surface area contributed by atoms with Gasteiger partial charge < -0.3 is 25.6 Å². The lowest BCUT2D eigenvalue weighted by molar-refractivity contribution is -0.164. The minimum absolute atomic E-state index is 0.0157. The van der Waals surface area contributed by atoms with Gasteiger partial charge >= 0.3 is 17.9 Å². The Bertz CT molecular complexity index is 1100. The molecule has 40 heavy (non-hydrogen) atoms. The van der Waals surface area contributed by atoms with Gasteiger partial charge in [-0.05, 0) is 74.9 Å². The van der Waals surface area contributed by atoms with Crippen LogP contribution in [0.5, 0.6) is 0 Å². The number of carbonyl (C=O) groups excluding carboxylic acids is 2. The summed E-state index contributed by atoms with van der Waals surface area (Å²) < 4.78 is 10.8. The highest BCUT2D eigenvalue weighted by molar-refractivity contribution is 7.98. The molecule has 1 fully saturated rings. The predicted octanol–water partition coefficient (Wildman–Crippen LogP) is 3.82. The summed E-state index contributed by atoms with van der Waals surface area (Å²) in [5, 5.41) is 14.0. The van der Waals surface area contributed by atoms with Crippen molar-refractivity contribution in [3.8, 4) is 0 Å². The maximum Gasteiger partial charge on any atom is 0.325 e. The summed E-state index contributed by atoms with van der Waals surface area (Å²) in [6.45, 7) is 6.91. The third-order valence-corrected chi connectivity index (χ3v) is 7.18. The van der Waals surface area contributed by atoms with Crippen LogP contribution in [0.4, 0.5) is 0 Å². The molecule has 2 aromatic rings. The lowest BCUT2D eigenvalue weighted by Gasteiger charge is -2.38.